The van der Waals surface area contributed by atoms with Crippen molar-refractivity contribution >= 4 is 0 Å². The number of rotatable bonds is 6. The van der Waals surface area contributed by atoms with Gasteiger partial charge in [-0.1, -0.05) is 18.2 Å². The number of piperidine rings is 1. The lowest BCUT2D eigenvalue weighted by atomic mass is 10.0. The van der Waals surface area contributed by atoms with E-state index in [-0.39, 0.29) is 11.6 Å². The summed E-state index contributed by atoms with van der Waals surface area (Å²) < 4.78 is 26.9. The Morgan fingerprint density at radius 1 is 1.10 bits per heavy atom. The molecule has 0 spiro atoms. The SMILES string of the molecule is COc1ccc(-c2nn(-c3ccccc3C)cc2CN2CCC(OC)CC2)cc1F. The summed E-state index contributed by atoms with van der Waals surface area (Å²) in [5.41, 5.74) is 4.80. The quantitative estimate of drug-likeness (QED) is 0.596. The highest BCUT2D eigenvalue weighted by Gasteiger charge is 2.22. The predicted molar refractivity (Wildman–Crippen MR) is 116 cm³/mol. The molecule has 158 valence electrons. The Labute approximate surface area is 177 Å². The van der Waals surface area contributed by atoms with Gasteiger partial charge in [0.05, 0.1) is 24.6 Å². The second-order valence-electron chi connectivity index (χ2n) is 7.79. The summed E-state index contributed by atoms with van der Waals surface area (Å²) in [4.78, 5) is 2.41. The van der Waals surface area contributed by atoms with Crippen LogP contribution < -0.4 is 4.74 Å². The van der Waals surface area contributed by atoms with Crippen LogP contribution in [0.25, 0.3) is 16.9 Å². The van der Waals surface area contributed by atoms with Crippen LogP contribution in [-0.2, 0) is 11.3 Å². The zero-order valence-corrected chi connectivity index (χ0v) is 17.8. The summed E-state index contributed by atoms with van der Waals surface area (Å²) in [5.74, 6) is -0.146. The Hall–Kier alpha value is -2.70. The van der Waals surface area contributed by atoms with Crippen LogP contribution in [0.15, 0.2) is 48.7 Å². The Bertz CT molecular complexity index is 1010. The number of ether oxygens (including phenoxy) is 2. The molecule has 0 bridgehead atoms. The summed E-state index contributed by atoms with van der Waals surface area (Å²) in [6.07, 6.45) is 4.46. The van der Waals surface area contributed by atoms with Crippen molar-refractivity contribution in [2.75, 3.05) is 27.3 Å². The molecule has 1 saturated heterocycles. The standard InChI is InChI=1S/C24H28FN3O2/c1-17-6-4-5-7-22(17)28-16-19(15-27-12-10-20(29-2)11-13-27)24(26-28)18-8-9-23(30-3)21(25)14-18/h4-9,14,16,20H,10-13,15H2,1-3H3. The van der Waals surface area contributed by atoms with E-state index >= 15 is 0 Å². The van der Waals surface area contributed by atoms with Crippen LogP contribution in [0.5, 0.6) is 5.75 Å². The molecule has 0 unspecified atom stereocenters. The van der Waals surface area contributed by atoms with Gasteiger partial charge < -0.3 is 9.47 Å². The van der Waals surface area contributed by atoms with Crippen LogP contribution in [-0.4, -0.2) is 48.1 Å². The second-order valence-corrected chi connectivity index (χ2v) is 7.79. The maximum absolute atomic E-state index is 14.4. The number of para-hydroxylation sites is 1. The van der Waals surface area contributed by atoms with Gasteiger partial charge in [-0.3, -0.25) is 4.90 Å². The molecule has 1 fully saturated rings. The van der Waals surface area contributed by atoms with Gasteiger partial charge in [0, 0.05) is 44.1 Å². The molecule has 0 N–H and O–H groups in total. The van der Waals surface area contributed by atoms with Gasteiger partial charge in [0.15, 0.2) is 11.6 Å². The second kappa shape index (κ2) is 8.98. The average molecular weight is 410 g/mol. The molecule has 1 aliphatic heterocycles. The highest BCUT2D eigenvalue weighted by atomic mass is 19.1. The van der Waals surface area contributed by atoms with Crippen molar-refractivity contribution in [2.45, 2.75) is 32.4 Å². The van der Waals surface area contributed by atoms with Crippen molar-refractivity contribution in [1.82, 2.24) is 14.7 Å². The number of methoxy groups -OCH3 is 2. The monoisotopic (exact) mass is 409 g/mol. The summed E-state index contributed by atoms with van der Waals surface area (Å²) in [6, 6.07) is 13.2. The molecule has 1 aliphatic rings. The molecule has 4 rings (SSSR count). The number of benzene rings is 2. The first-order chi connectivity index (χ1) is 14.6. The van der Waals surface area contributed by atoms with Crippen LogP contribution in [0.1, 0.15) is 24.0 Å². The number of aryl methyl sites for hydroxylation is 1. The summed E-state index contributed by atoms with van der Waals surface area (Å²) in [5, 5.41) is 4.86. The van der Waals surface area contributed by atoms with Gasteiger partial charge in [-0.25, -0.2) is 9.07 Å². The number of nitrogens with zero attached hydrogens (tertiary/aromatic N) is 3. The molecular weight excluding hydrogens is 381 g/mol. The normalized spacial score (nSPS) is 15.5. The minimum Gasteiger partial charge on any atom is -0.494 e. The zero-order chi connectivity index (χ0) is 21.1. The van der Waals surface area contributed by atoms with Gasteiger partial charge in [-0.2, -0.15) is 5.10 Å². The molecule has 2 aromatic carbocycles. The molecule has 1 aromatic heterocycles. The van der Waals surface area contributed by atoms with Crippen LogP contribution in [0.2, 0.25) is 0 Å². The molecular formula is C24H28FN3O2. The number of hydrogen-bond donors (Lipinski definition) is 0. The van der Waals surface area contributed by atoms with E-state index in [9.17, 15) is 4.39 Å². The topological polar surface area (TPSA) is 39.5 Å². The first-order valence-corrected chi connectivity index (χ1v) is 10.3. The van der Waals surface area contributed by atoms with E-state index < -0.39 is 0 Å². The minimum atomic E-state index is -0.382. The van der Waals surface area contributed by atoms with E-state index in [1.807, 2.05) is 22.9 Å². The average Bonchev–Trinajstić information content (AvgIpc) is 3.18. The lowest BCUT2D eigenvalue weighted by molar-refractivity contribution is 0.0389. The molecule has 0 atom stereocenters. The molecule has 5 nitrogen and oxygen atoms in total. The highest BCUT2D eigenvalue weighted by molar-refractivity contribution is 5.64. The fourth-order valence-electron chi connectivity index (χ4n) is 4.07. The summed E-state index contributed by atoms with van der Waals surface area (Å²) in [6.45, 7) is 4.79. The maximum Gasteiger partial charge on any atom is 0.165 e. The van der Waals surface area contributed by atoms with Crippen molar-refractivity contribution in [1.29, 1.82) is 0 Å². The maximum atomic E-state index is 14.4. The first-order valence-electron chi connectivity index (χ1n) is 10.3. The molecule has 30 heavy (non-hydrogen) atoms. The van der Waals surface area contributed by atoms with Crippen LogP contribution in [0, 0.1) is 12.7 Å². The lowest BCUT2D eigenvalue weighted by Crippen LogP contribution is -2.36. The molecule has 3 aromatic rings. The van der Waals surface area contributed by atoms with Gasteiger partial charge in [0.25, 0.3) is 0 Å². The molecule has 6 heteroatoms. The van der Waals surface area contributed by atoms with Crippen molar-refractivity contribution in [2.24, 2.45) is 0 Å². The first kappa shape index (κ1) is 20.6. The van der Waals surface area contributed by atoms with E-state index in [1.165, 1.54) is 13.2 Å². The van der Waals surface area contributed by atoms with E-state index in [0.717, 1.165) is 60.5 Å². The van der Waals surface area contributed by atoms with Gasteiger partial charge in [0.2, 0.25) is 0 Å². The molecule has 0 aliphatic carbocycles. The van der Waals surface area contributed by atoms with Crippen molar-refractivity contribution < 1.29 is 13.9 Å². The highest BCUT2D eigenvalue weighted by Crippen LogP contribution is 2.30. The number of hydrogen-bond acceptors (Lipinski definition) is 4. The molecule has 2 heterocycles. The lowest BCUT2D eigenvalue weighted by Gasteiger charge is -2.31. The third-order valence-electron chi connectivity index (χ3n) is 5.84. The van der Waals surface area contributed by atoms with Gasteiger partial charge in [0.1, 0.15) is 0 Å². The molecule has 0 saturated carbocycles. The van der Waals surface area contributed by atoms with Crippen molar-refractivity contribution in [3.8, 4) is 22.7 Å². The third-order valence-corrected chi connectivity index (χ3v) is 5.84. The fraction of sp³-hybridized carbons (Fsp3) is 0.375. The number of likely N-dealkylation sites (tertiary alicyclic amines) is 1. The summed E-state index contributed by atoms with van der Waals surface area (Å²) >= 11 is 0. The Morgan fingerprint density at radius 3 is 2.53 bits per heavy atom. The summed E-state index contributed by atoms with van der Waals surface area (Å²) in [7, 11) is 3.25. The smallest absolute Gasteiger partial charge is 0.165 e. The van der Waals surface area contributed by atoms with Gasteiger partial charge >= 0.3 is 0 Å². The number of aromatic nitrogens is 2. The van der Waals surface area contributed by atoms with E-state index in [0.29, 0.717) is 6.10 Å². The van der Waals surface area contributed by atoms with E-state index in [1.54, 1.807) is 13.2 Å². The predicted octanol–water partition coefficient (Wildman–Crippen LogP) is 4.61. The van der Waals surface area contributed by atoms with Crippen molar-refractivity contribution in [3.63, 3.8) is 0 Å². The largest absolute Gasteiger partial charge is 0.494 e. The molecule has 0 radical (unpaired) electrons. The molecule has 0 amide bonds. The Kier molecular flexibility index (Phi) is 6.16. The van der Waals surface area contributed by atoms with E-state index in [2.05, 4.69) is 30.2 Å². The van der Waals surface area contributed by atoms with Crippen molar-refractivity contribution in [3.05, 3.63) is 65.6 Å². The van der Waals surface area contributed by atoms with Crippen LogP contribution in [0.4, 0.5) is 4.39 Å². The van der Waals surface area contributed by atoms with E-state index in [4.69, 9.17) is 14.6 Å². The van der Waals surface area contributed by atoms with Gasteiger partial charge in [-0.05, 0) is 49.6 Å². The van der Waals surface area contributed by atoms with Crippen LogP contribution >= 0.6 is 0 Å². The minimum absolute atomic E-state index is 0.236. The fourth-order valence-corrected chi connectivity index (χ4v) is 4.07. The Morgan fingerprint density at radius 2 is 1.87 bits per heavy atom. The zero-order valence-electron chi connectivity index (χ0n) is 17.8. The van der Waals surface area contributed by atoms with Gasteiger partial charge in [-0.15, -0.1) is 0 Å². The Balaban J connectivity index is 1.70. The van der Waals surface area contributed by atoms with Crippen LogP contribution in [0.3, 0.4) is 0 Å². The third kappa shape index (κ3) is 4.25. The number of halogens is 1.